The lowest BCUT2D eigenvalue weighted by Gasteiger charge is -2.13. The normalized spacial score (nSPS) is 12.2. The standard InChI is InChI=1S/C11H19N3O3S/c1-4-17-11(15)8-9(12)14-18-10(8)13-7(2)5-6-16-3/h7,13H,4-6H2,1-3H3,(H2,12,14). The van der Waals surface area contributed by atoms with Crippen LogP contribution in [0.1, 0.15) is 30.6 Å². The van der Waals surface area contributed by atoms with Crippen molar-refractivity contribution in [1.29, 1.82) is 0 Å². The summed E-state index contributed by atoms with van der Waals surface area (Å²) in [4.78, 5) is 11.7. The maximum absolute atomic E-state index is 11.7. The van der Waals surface area contributed by atoms with Gasteiger partial charge in [0, 0.05) is 19.8 Å². The largest absolute Gasteiger partial charge is 0.462 e. The van der Waals surface area contributed by atoms with Gasteiger partial charge in [0.15, 0.2) is 5.82 Å². The first-order valence-electron chi connectivity index (χ1n) is 5.77. The minimum Gasteiger partial charge on any atom is -0.462 e. The van der Waals surface area contributed by atoms with Gasteiger partial charge in [-0.05, 0) is 31.8 Å². The van der Waals surface area contributed by atoms with Gasteiger partial charge in [0.25, 0.3) is 0 Å². The number of nitrogens with two attached hydrogens (primary N) is 1. The predicted molar refractivity (Wildman–Crippen MR) is 72.1 cm³/mol. The summed E-state index contributed by atoms with van der Waals surface area (Å²) in [7, 11) is 1.65. The molecule has 0 saturated carbocycles. The van der Waals surface area contributed by atoms with Gasteiger partial charge in [0.2, 0.25) is 0 Å². The molecule has 6 nitrogen and oxygen atoms in total. The number of rotatable bonds is 7. The molecule has 1 atom stereocenters. The summed E-state index contributed by atoms with van der Waals surface area (Å²) in [5, 5.41) is 3.85. The molecule has 0 bridgehead atoms. The summed E-state index contributed by atoms with van der Waals surface area (Å²) in [6.45, 7) is 4.72. The number of hydrogen-bond acceptors (Lipinski definition) is 7. The van der Waals surface area contributed by atoms with E-state index in [4.69, 9.17) is 15.2 Å². The number of nitrogen functional groups attached to an aromatic ring is 1. The fourth-order valence-electron chi connectivity index (χ4n) is 1.39. The second kappa shape index (κ2) is 7.17. The van der Waals surface area contributed by atoms with E-state index in [1.54, 1.807) is 14.0 Å². The van der Waals surface area contributed by atoms with Crippen LogP contribution in [0.5, 0.6) is 0 Å². The van der Waals surface area contributed by atoms with E-state index in [0.29, 0.717) is 23.8 Å². The average molecular weight is 273 g/mol. The van der Waals surface area contributed by atoms with Crippen molar-refractivity contribution in [2.75, 3.05) is 31.4 Å². The Kier molecular flexibility index (Phi) is 5.87. The lowest BCUT2D eigenvalue weighted by atomic mass is 10.2. The Morgan fingerprint density at radius 1 is 1.61 bits per heavy atom. The maximum atomic E-state index is 11.7. The molecule has 7 heteroatoms. The maximum Gasteiger partial charge on any atom is 0.344 e. The third-order valence-electron chi connectivity index (χ3n) is 2.33. The van der Waals surface area contributed by atoms with Gasteiger partial charge in [0.05, 0.1) is 6.61 Å². The van der Waals surface area contributed by atoms with Gasteiger partial charge in [-0.1, -0.05) is 0 Å². The Bertz CT molecular complexity index is 395. The lowest BCUT2D eigenvalue weighted by Crippen LogP contribution is -2.18. The molecule has 0 fully saturated rings. The molecule has 0 aromatic carbocycles. The average Bonchev–Trinajstić information content (AvgIpc) is 2.68. The van der Waals surface area contributed by atoms with E-state index in [-0.39, 0.29) is 11.9 Å². The number of aromatic nitrogens is 1. The summed E-state index contributed by atoms with van der Waals surface area (Å²) in [6.07, 6.45) is 0.830. The van der Waals surface area contributed by atoms with E-state index < -0.39 is 5.97 Å². The van der Waals surface area contributed by atoms with E-state index >= 15 is 0 Å². The number of ether oxygens (including phenoxy) is 2. The van der Waals surface area contributed by atoms with Crippen molar-refractivity contribution < 1.29 is 14.3 Å². The van der Waals surface area contributed by atoms with E-state index in [9.17, 15) is 4.79 Å². The van der Waals surface area contributed by atoms with Crippen LogP contribution in [-0.4, -0.2) is 36.7 Å². The summed E-state index contributed by atoms with van der Waals surface area (Å²) < 4.78 is 13.9. The van der Waals surface area contributed by atoms with Crippen LogP contribution in [0.15, 0.2) is 0 Å². The number of nitrogens with one attached hydrogen (secondary N) is 1. The first-order valence-corrected chi connectivity index (χ1v) is 6.55. The van der Waals surface area contributed by atoms with Crippen molar-refractivity contribution in [2.45, 2.75) is 26.3 Å². The Morgan fingerprint density at radius 2 is 2.33 bits per heavy atom. The van der Waals surface area contributed by atoms with Crippen molar-refractivity contribution >= 4 is 28.3 Å². The van der Waals surface area contributed by atoms with Crippen molar-refractivity contribution in [3.63, 3.8) is 0 Å². The second-order valence-electron chi connectivity index (χ2n) is 3.82. The lowest BCUT2D eigenvalue weighted by molar-refractivity contribution is 0.0529. The molecular weight excluding hydrogens is 254 g/mol. The first-order chi connectivity index (χ1) is 8.60. The Labute approximate surface area is 111 Å². The highest BCUT2D eigenvalue weighted by molar-refractivity contribution is 7.11. The minimum atomic E-state index is -0.440. The van der Waals surface area contributed by atoms with Gasteiger partial charge >= 0.3 is 5.97 Å². The third kappa shape index (κ3) is 3.85. The third-order valence-corrected chi connectivity index (χ3v) is 3.12. The highest BCUT2D eigenvalue weighted by Crippen LogP contribution is 2.28. The summed E-state index contributed by atoms with van der Waals surface area (Å²) in [6, 6.07) is 0.165. The van der Waals surface area contributed by atoms with Crippen molar-refractivity contribution in [3.05, 3.63) is 5.56 Å². The van der Waals surface area contributed by atoms with Crippen molar-refractivity contribution in [3.8, 4) is 0 Å². The Balaban J connectivity index is 2.74. The molecule has 102 valence electrons. The molecule has 0 radical (unpaired) electrons. The van der Waals surface area contributed by atoms with Gasteiger partial charge in [-0.15, -0.1) is 0 Å². The zero-order valence-electron chi connectivity index (χ0n) is 10.9. The SMILES string of the molecule is CCOC(=O)c1c(N)nsc1NC(C)CCOC. The quantitative estimate of drug-likeness (QED) is 0.736. The van der Waals surface area contributed by atoms with Crippen LogP contribution in [0.2, 0.25) is 0 Å². The monoisotopic (exact) mass is 273 g/mol. The Morgan fingerprint density at radius 3 is 2.94 bits per heavy atom. The fraction of sp³-hybridized carbons (Fsp3) is 0.636. The molecule has 0 amide bonds. The highest BCUT2D eigenvalue weighted by Gasteiger charge is 2.21. The van der Waals surface area contributed by atoms with Gasteiger partial charge in [0.1, 0.15) is 10.6 Å². The highest BCUT2D eigenvalue weighted by atomic mass is 32.1. The smallest absolute Gasteiger partial charge is 0.344 e. The number of carbonyl (C=O) groups is 1. The van der Waals surface area contributed by atoms with Crippen LogP contribution < -0.4 is 11.1 Å². The van der Waals surface area contributed by atoms with E-state index in [1.165, 1.54) is 0 Å². The number of esters is 1. The molecule has 18 heavy (non-hydrogen) atoms. The number of methoxy groups -OCH3 is 1. The second-order valence-corrected chi connectivity index (χ2v) is 4.59. The molecule has 0 saturated heterocycles. The van der Waals surface area contributed by atoms with Crippen molar-refractivity contribution in [1.82, 2.24) is 4.37 Å². The van der Waals surface area contributed by atoms with E-state index in [1.807, 2.05) is 6.92 Å². The topological polar surface area (TPSA) is 86.5 Å². The van der Waals surface area contributed by atoms with Gasteiger partial charge < -0.3 is 20.5 Å². The van der Waals surface area contributed by atoms with Gasteiger partial charge in [-0.25, -0.2) is 4.79 Å². The molecule has 1 aromatic rings. The van der Waals surface area contributed by atoms with E-state index in [0.717, 1.165) is 18.0 Å². The number of carbonyl (C=O) groups excluding carboxylic acids is 1. The molecular formula is C11H19N3O3S. The summed E-state index contributed by atoms with van der Waals surface area (Å²) >= 11 is 1.16. The molecule has 0 aliphatic carbocycles. The zero-order chi connectivity index (χ0) is 13.5. The Hall–Kier alpha value is -1.34. The van der Waals surface area contributed by atoms with Crippen LogP contribution in [0.4, 0.5) is 10.8 Å². The van der Waals surface area contributed by atoms with Crippen LogP contribution in [0.25, 0.3) is 0 Å². The number of anilines is 2. The van der Waals surface area contributed by atoms with Crippen LogP contribution in [0.3, 0.4) is 0 Å². The minimum absolute atomic E-state index is 0.165. The molecule has 1 aromatic heterocycles. The van der Waals surface area contributed by atoms with Crippen LogP contribution in [0, 0.1) is 0 Å². The van der Waals surface area contributed by atoms with E-state index in [2.05, 4.69) is 9.69 Å². The molecule has 1 rings (SSSR count). The number of nitrogens with zero attached hydrogens (tertiary/aromatic N) is 1. The molecule has 1 unspecified atom stereocenters. The number of hydrogen-bond donors (Lipinski definition) is 2. The zero-order valence-corrected chi connectivity index (χ0v) is 11.7. The first kappa shape index (κ1) is 14.7. The predicted octanol–water partition coefficient (Wildman–Crippen LogP) is 1.74. The molecule has 1 heterocycles. The van der Waals surface area contributed by atoms with Crippen LogP contribution in [-0.2, 0) is 9.47 Å². The summed E-state index contributed by atoms with van der Waals surface area (Å²) in [5.41, 5.74) is 6.01. The van der Waals surface area contributed by atoms with Crippen LogP contribution >= 0.6 is 11.5 Å². The molecule has 0 aliphatic heterocycles. The summed E-state index contributed by atoms with van der Waals surface area (Å²) in [5.74, 6) is -0.231. The van der Waals surface area contributed by atoms with Gasteiger partial charge in [-0.2, -0.15) is 4.37 Å². The van der Waals surface area contributed by atoms with Gasteiger partial charge in [-0.3, -0.25) is 0 Å². The molecule has 0 spiro atoms. The van der Waals surface area contributed by atoms with Crippen molar-refractivity contribution in [2.24, 2.45) is 0 Å². The fourth-order valence-corrected chi connectivity index (χ4v) is 2.21. The molecule has 3 N–H and O–H groups in total. The molecule has 0 aliphatic rings.